The summed E-state index contributed by atoms with van der Waals surface area (Å²) in [5, 5.41) is 13.4. The molecular formula is C15H21Cl3FN3O. The molecule has 0 unspecified atom stereocenters. The first-order valence-corrected chi connectivity index (χ1v) is 7.75. The number of nitrogens with zero attached hydrogens (tertiary/aromatic N) is 2. The number of aromatic nitrogens is 2. The van der Waals surface area contributed by atoms with Gasteiger partial charge in [-0.3, -0.25) is 0 Å². The van der Waals surface area contributed by atoms with Gasteiger partial charge in [-0.15, -0.1) is 24.8 Å². The number of aliphatic hydroxyl groups excluding tert-OH is 1. The number of piperidine rings is 1. The first-order chi connectivity index (χ1) is 10.2. The highest BCUT2D eigenvalue weighted by Crippen LogP contribution is 2.25. The Labute approximate surface area is 152 Å². The number of aliphatic hydroxyl groups is 1. The van der Waals surface area contributed by atoms with Crippen molar-refractivity contribution in [2.75, 3.05) is 6.54 Å². The average molecular weight is 385 g/mol. The van der Waals surface area contributed by atoms with Gasteiger partial charge >= 0.3 is 0 Å². The Morgan fingerprint density at radius 3 is 2.91 bits per heavy atom. The summed E-state index contributed by atoms with van der Waals surface area (Å²) in [6.07, 6.45) is 5.20. The van der Waals surface area contributed by atoms with E-state index in [9.17, 15) is 9.50 Å². The zero-order chi connectivity index (χ0) is 14.8. The Morgan fingerprint density at radius 1 is 1.39 bits per heavy atom. The Bertz CT molecular complexity index is 638. The minimum atomic E-state index is -0.441. The molecule has 0 amide bonds. The highest BCUT2D eigenvalue weighted by Gasteiger charge is 2.21. The van der Waals surface area contributed by atoms with E-state index in [0.29, 0.717) is 5.52 Å². The lowest BCUT2D eigenvalue weighted by Crippen LogP contribution is -2.44. The molecule has 1 aromatic carbocycles. The van der Waals surface area contributed by atoms with Gasteiger partial charge in [0.15, 0.2) is 0 Å². The fourth-order valence-corrected chi connectivity index (χ4v) is 3.17. The van der Waals surface area contributed by atoms with Crippen molar-refractivity contribution in [3.8, 4) is 0 Å². The third-order valence-corrected chi connectivity index (χ3v) is 4.50. The lowest BCUT2D eigenvalue weighted by Gasteiger charge is -2.29. The van der Waals surface area contributed by atoms with Gasteiger partial charge in [0.05, 0.1) is 17.9 Å². The van der Waals surface area contributed by atoms with Gasteiger partial charge in [0, 0.05) is 12.6 Å². The van der Waals surface area contributed by atoms with Crippen LogP contribution in [0.3, 0.4) is 0 Å². The van der Waals surface area contributed by atoms with Gasteiger partial charge in [-0.1, -0.05) is 11.6 Å². The third-order valence-electron chi connectivity index (χ3n) is 4.15. The second-order valence-electron chi connectivity index (χ2n) is 5.58. The van der Waals surface area contributed by atoms with Gasteiger partial charge < -0.3 is 15.0 Å². The number of hydrogen-bond donors (Lipinski definition) is 2. The molecule has 2 N–H and O–H groups in total. The highest BCUT2D eigenvalue weighted by atomic mass is 35.5. The molecule has 1 aliphatic heterocycles. The average Bonchev–Trinajstić information content (AvgIpc) is 2.89. The number of nitrogens with one attached hydrogen (secondary N) is 1. The minimum absolute atomic E-state index is 0. The molecule has 8 heteroatoms. The molecule has 130 valence electrons. The lowest BCUT2D eigenvalue weighted by atomic mass is 9.97. The molecule has 23 heavy (non-hydrogen) atoms. The third kappa shape index (κ3) is 4.48. The van der Waals surface area contributed by atoms with Gasteiger partial charge in [0.1, 0.15) is 16.4 Å². The van der Waals surface area contributed by atoms with E-state index < -0.39 is 5.82 Å². The zero-order valence-corrected chi connectivity index (χ0v) is 14.9. The Hall–Kier alpha value is -0.590. The SMILES string of the molecule is Cl.Cl.O[C@H]1CCCN[C@@H]1CCCn1cnc2c(Cl)c(F)ccc21. The van der Waals surface area contributed by atoms with E-state index in [0.717, 1.165) is 44.3 Å². The fourth-order valence-electron chi connectivity index (χ4n) is 2.96. The molecule has 0 saturated carbocycles. The molecule has 0 spiro atoms. The number of benzene rings is 1. The van der Waals surface area contributed by atoms with Crippen LogP contribution in [0.2, 0.25) is 5.02 Å². The molecule has 0 bridgehead atoms. The summed E-state index contributed by atoms with van der Waals surface area (Å²) in [5.41, 5.74) is 1.35. The molecule has 1 saturated heterocycles. The Kier molecular flexibility index (Phi) is 8.04. The van der Waals surface area contributed by atoms with Crippen molar-refractivity contribution in [1.29, 1.82) is 0 Å². The standard InChI is InChI=1S/C15H19ClFN3O.2ClH/c16-14-10(17)5-6-12-15(14)19-9-20(12)8-2-3-11-13(21)4-1-7-18-11;;/h5-6,9,11,13,18,21H,1-4,7-8H2;2*1H/t11-,13+;;/m1../s1. The highest BCUT2D eigenvalue weighted by molar-refractivity contribution is 6.35. The van der Waals surface area contributed by atoms with Crippen LogP contribution in [0.25, 0.3) is 11.0 Å². The van der Waals surface area contributed by atoms with E-state index in [1.807, 2.05) is 4.57 Å². The lowest BCUT2D eigenvalue weighted by molar-refractivity contribution is 0.0909. The van der Waals surface area contributed by atoms with E-state index in [-0.39, 0.29) is 42.0 Å². The summed E-state index contributed by atoms with van der Waals surface area (Å²) in [6, 6.07) is 3.25. The van der Waals surface area contributed by atoms with Gasteiger partial charge in [-0.25, -0.2) is 9.37 Å². The van der Waals surface area contributed by atoms with E-state index in [1.165, 1.54) is 6.07 Å². The van der Waals surface area contributed by atoms with Crippen LogP contribution in [-0.2, 0) is 6.54 Å². The maximum absolute atomic E-state index is 13.4. The van der Waals surface area contributed by atoms with Crippen molar-refractivity contribution in [2.45, 2.75) is 44.4 Å². The quantitative estimate of drug-likeness (QED) is 0.847. The summed E-state index contributed by atoms with van der Waals surface area (Å²) < 4.78 is 15.4. The second kappa shape index (κ2) is 9.04. The van der Waals surface area contributed by atoms with Crippen molar-refractivity contribution in [1.82, 2.24) is 14.9 Å². The Morgan fingerprint density at radius 2 is 2.17 bits per heavy atom. The van der Waals surface area contributed by atoms with Crippen LogP contribution in [0, 0.1) is 5.82 Å². The van der Waals surface area contributed by atoms with E-state index in [4.69, 9.17) is 11.6 Å². The van der Waals surface area contributed by atoms with E-state index >= 15 is 0 Å². The van der Waals surface area contributed by atoms with Crippen LogP contribution >= 0.6 is 36.4 Å². The largest absolute Gasteiger partial charge is 0.392 e. The van der Waals surface area contributed by atoms with Gasteiger partial charge in [-0.05, 0) is 44.4 Å². The topological polar surface area (TPSA) is 50.1 Å². The number of aryl methyl sites for hydroxylation is 1. The number of rotatable bonds is 4. The summed E-state index contributed by atoms with van der Waals surface area (Å²) in [7, 11) is 0. The predicted molar refractivity (Wildman–Crippen MR) is 95.5 cm³/mol. The predicted octanol–water partition coefficient (Wildman–Crippen LogP) is 3.57. The smallest absolute Gasteiger partial charge is 0.144 e. The number of fused-ring (bicyclic) bond motifs is 1. The maximum atomic E-state index is 13.4. The molecule has 1 fully saturated rings. The van der Waals surface area contributed by atoms with E-state index in [2.05, 4.69) is 10.3 Å². The van der Waals surface area contributed by atoms with Crippen LogP contribution in [0.5, 0.6) is 0 Å². The van der Waals surface area contributed by atoms with Crippen molar-refractivity contribution in [2.24, 2.45) is 0 Å². The molecule has 3 rings (SSSR count). The molecule has 1 aliphatic rings. The van der Waals surface area contributed by atoms with Crippen molar-refractivity contribution in [3.63, 3.8) is 0 Å². The molecule has 1 aromatic heterocycles. The molecule has 2 atom stereocenters. The maximum Gasteiger partial charge on any atom is 0.144 e. The van der Waals surface area contributed by atoms with Crippen molar-refractivity contribution in [3.05, 3.63) is 29.3 Å². The van der Waals surface area contributed by atoms with Gasteiger partial charge in [-0.2, -0.15) is 0 Å². The zero-order valence-electron chi connectivity index (χ0n) is 12.5. The monoisotopic (exact) mass is 383 g/mol. The summed E-state index contributed by atoms with van der Waals surface area (Å²) in [6.45, 7) is 1.76. The van der Waals surface area contributed by atoms with Crippen LogP contribution in [0.4, 0.5) is 4.39 Å². The first kappa shape index (κ1) is 20.5. The molecule has 0 radical (unpaired) electrons. The summed E-state index contributed by atoms with van der Waals surface area (Å²) in [4.78, 5) is 4.19. The Balaban J connectivity index is 0.00000132. The van der Waals surface area contributed by atoms with Gasteiger partial charge in [0.2, 0.25) is 0 Å². The number of hydrogen-bond acceptors (Lipinski definition) is 3. The molecule has 4 nitrogen and oxygen atoms in total. The number of halogens is 4. The molecule has 0 aliphatic carbocycles. The fraction of sp³-hybridized carbons (Fsp3) is 0.533. The van der Waals surface area contributed by atoms with Gasteiger partial charge in [0.25, 0.3) is 0 Å². The van der Waals surface area contributed by atoms with Crippen molar-refractivity contribution >= 4 is 47.4 Å². The minimum Gasteiger partial charge on any atom is -0.392 e. The summed E-state index contributed by atoms with van der Waals surface area (Å²) in [5.74, 6) is -0.441. The summed E-state index contributed by atoms with van der Waals surface area (Å²) >= 11 is 5.92. The number of imidazole rings is 1. The van der Waals surface area contributed by atoms with Crippen LogP contribution in [0.1, 0.15) is 25.7 Å². The molecule has 2 aromatic rings. The molecule has 2 heterocycles. The van der Waals surface area contributed by atoms with E-state index in [1.54, 1.807) is 12.4 Å². The van der Waals surface area contributed by atoms with Crippen LogP contribution in [-0.4, -0.2) is 33.3 Å². The van der Waals surface area contributed by atoms with Crippen molar-refractivity contribution < 1.29 is 9.50 Å². The normalized spacial score (nSPS) is 20.8. The molecular weight excluding hydrogens is 364 g/mol. The second-order valence-corrected chi connectivity index (χ2v) is 5.96. The van der Waals surface area contributed by atoms with Crippen LogP contribution < -0.4 is 5.32 Å². The van der Waals surface area contributed by atoms with Crippen LogP contribution in [0.15, 0.2) is 18.5 Å². The first-order valence-electron chi connectivity index (χ1n) is 7.37.